The number of hydrogen-bond acceptors (Lipinski definition) is 2. The summed E-state index contributed by atoms with van der Waals surface area (Å²) in [6, 6.07) is 7.60. The van der Waals surface area contributed by atoms with Gasteiger partial charge in [0.2, 0.25) is 0 Å². The number of benzene rings is 1. The monoisotopic (exact) mass is 326 g/mol. The van der Waals surface area contributed by atoms with Gasteiger partial charge in [0.25, 0.3) is 0 Å². The fraction of sp³-hybridized carbons (Fsp3) is 0.438. The Balaban J connectivity index is 2.32. The van der Waals surface area contributed by atoms with Gasteiger partial charge in [-0.2, -0.15) is 5.10 Å². The molecule has 0 aliphatic rings. The molecule has 1 aromatic heterocycles. The normalized spacial score (nSPS) is 12.6. The Labute approximate surface area is 135 Å². The average molecular weight is 327 g/mol. The number of aliphatic hydroxyl groups is 1. The van der Waals surface area contributed by atoms with Crippen molar-refractivity contribution >= 4 is 23.2 Å². The van der Waals surface area contributed by atoms with Gasteiger partial charge in [-0.25, -0.2) is 0 Å². The molecule has 0 spiro atoms. The molecule has 114 valence electrons. The summed E-state index contributed by atoms with van der Waals surface area (Å²) in [6.07, 6.45) is 1.45. The summed E-state index contributed by atoms with van der Waals surface area (Å²) in [5.74, 6) is -0.0343. The fourth-order valence-corrected chi connectivity index (χ4v) is 3.04. The standard InChI is InChI=1S/C16H20Cl2N2O/c1-3-14-16(18)15(20(4-2)19-14)9-12(10-21)11-6-5-7-13(17)8-11/h5-8,12,21H,3-4,9-10H2,1-2H3. The molecule has 1 heterocycles. The summed E-state index contributed by atoms with van der Waals surface area (Å²) in [6.45, 7) is 4.90. The molecule has 1 N–H and O–H groups in total. The Morgan fingerprint density at radius 1 is 1.29 bits per heavy atom. The second-order valence-corrected chi connectivity index (χ2v) is 5.83. The molecule has 1 atom stereocenters. The third-order valence-electron chi connectivity index (χ3n) is 3.67. The molecule has 0 aliphatic carbocycles. The highest BCUT2D eigenvalue weighted by atomic mass is 35.5. The minimum absolute atomic E-state index is 0.0343. The fourth-order valence-electron chi connectivity index (χ4n) is 2.49. The van der Waals surface area contributed by atoms with Crippen LogP contribution in [0, 0.1) is 0 Å². The highest BCUT2D eigenvalue weighted by Gasteiger charge is 2.20. The summed E-state index contributed by atoms with van der Waals surface area (Å²) >= 11 is 12.5. The summed E-state index contributed by atoms with van der Waals surface area (Å²) in [5.41, 5.74) is 2.91. The van der Waals surface area contributed by atoms with E-state index in [1.165, 1.54) is 0 Å². The number of halogens is 2. The van der Waals surface area contributed by atoms with Crippen LogP contribution < -0.4 is 0 Å². The molecule has 1 unspecified atom stereocenters. The molecule has 0 amide bonds. The van der Waals surface area contributed by atoms with E-state index in [0.29, 0.717) is 11.4 Å². The van der Waals surface area contributed by atoms with E-state index < -0.39 is 0 Å². The molecule has 3 nitrogen and oxygen atoms in total. The van der Waals surface area contributed by atoms with E-state index >= 15 is 0 Å². The molecule has 0 fully saturated rings. The van der Waals surface area contributed by atoms with Gasteiger partial charge in [0.1, 0.15) is 0 Å². The zero-order valence-corrected chi connectivity index (χ0v) is 13.8. The van der Waals surface area contributed by atoms with Crippen molar-refractivity contribution in [3.8, 4) is 0 Å². The first-order valence-corrected chi connectivity index (χ1v) is 7.96. The molecule has 2 aromatic rings. The SMILES string of the molecule is CCc1nn(CC)c(CC(CO)c2cccc(Cl)c2)c1Cl. The van der Waals surface area contributed by atoms with E-state index in [4.69, 9.17) is 23.2 Å². The Morgan fingerprint density at radius 2 is 2.05 bits per heavy atom. The predicted octanol–water partition coefficient (Wildman–Crippen LogP) is 4.09. The van der Waals surface area contributed by atoms with Crippen LogP contribution in [0.5, 0.6) is 0 Å². The Bertz CT molecular complexity index is 610. The number of aryl methyl sites for hydroxylation is 2. The molecular formula is C16H20Cl2N2O. The van der Waals surface area contributed by atoms with E-state index in [1.807, 2.05) is 42.8 Å². The third kappa shape index (κ3) is 3.60. The van der Waals surface area contributed by atoms with Crippen molar-refractivity contribution in [1.29, 1.82) is 0 Å². The van der Waals surface area contributed by atoms with Gasteiger partial charge in [-0.3, -0.25) is 4.68 Å². The molecule has 0 bridgehead atoms. The largest absolute Gasteiger partial charge is 0.396 e. The maximum absolute atomic E-state index is 9.73. The van der Waals surface area contributed by atoms with Gasteiger partial charge in [-0.05, 0) is 37.5 Å². The van der Waals surface area contributed by atoms with Gasteiger partial charge in [-0.15, -0.1) is 0 Å². The third-order valence-corrected chi connectivity index (χ3v) is 4.35. The van der Waals surface area contributed by atoms with Crippen molar-refractivity contribution in [3.05, 3.63) is 51.3 Å². The van der Waals surface area contributed by atoms with Crippen LogP contribution in [0.15, 0.2) is 24.3 Å². The lowest BCUT2D eigenvalue weighted by Gasteiger charge is -2.16. The van der Waals surface area contributed by atoms with Gasteiger partial charge < -0.3 is 5.11 Å². The Kier molecular flexibility index (Phi) is 5.68. The van der Waals surface area contributed by atoms with Crippen LogP contribution in [0.25, 0.3) is 0 Å². The number of nitrogens with zero attached hydrogens (tertiary/aromatic N) is 2. The van der Waals surface area contributed by atoms with Crippen LogP contribution in [0.4, 0.5) is 0 Å². The Morgan fingerprint density at radius 3 is 2.62 bits per heavy atom. The minimum atomic E-state index is -0.0343. The van der Waals surface area contributed by atoms with Gasteiger partial charge in [-0.1, -0.05) is 42.3 Å². The Hall–Kier alpha value is -1.03. The van der Waals surface area contributed by atoms with Crippen molar-refractivity contribution in [2.75, 3.05) is 6.61 Å². The lowest BCUT2D eigenvalue weighted by molar-refractivity contribution is 0.262. The topological polar surface area (TPSA) is 38.0 Å². The van der Waals surface area contributed by atoms with E-state index in [9.17, 15) is 5.11 Å². The van der Waals surface area contributed by atoms with E-state index in [0.717, 1.165) is 34.9 Å². The maximum Gasteiger partial charge on any atom is 0.0850 e. The van der Waals surface area contributed by atoms with Gasteiger partial charge in [0, 0.05) is 17.5 Å². The summed E-state index contributed by atoms with van der Waals surface area (Å²) in [5, 5.41) is 15.7. The van der Waals surface area contributed by atoms with Crippen molar-refractivity contribution in [2.45, 2.75) is 39.2 Å². The summed E-state index contributed by atoms with van der Waals surface area (Å²) in [7, 11) is 0. The zero-order valence-electron chi connectivity index (χ0n) is 12.3. The first-order chi connectivity index (χ1) is 10.1. The van der Waals surface area contributed by atoms with Crippen molar-refractivity contribution in [2.24, 2.45) is 0 Å². The number of aromatic nitrogens is 2. The first kappa shape index (κ1) is 16.3. The second kappa shape index (κ2) is 7.30. The predicted molar refractivity (Wildman–Crippen MR) is 87.3 cm³/mol. The van der Waals surface area contributed by atoms with E-state index in [1.54, 1.807) is 0 Å². The van der Waals surface area contributed by atoms with Crippen molar-refractivity contribution in [3.63, 3.8) is 0 Å². The van der Waals surface area contributed by atoms with Crippen LogP contribution in [-0.4, -0.2) is 21.5 Å². The van der Waals surface area contributed by atoms with Crippen LogP contribution in [0.2, 0.25) is 10.0 Å². The molecule has 5 heteroatoms. The van der Waals surface area contributed by atoms with Crippen molar-refractivity contribution < 1.29 is 5.11 Å². The molecule has 21 heavy (non-hydrogen) atoms. The van der Waals surface area contributed by atoms with E-state index in [-0.39, 0.29) is 12.5 Å². The summed E-state index contributed by atoms with van der Waals surface area (Å²) in [4.78, 5) is 0. The van der Waals surface area contributed by atoms with Crippen molar-refractivity contribution in [1.82, 2.24) is 9.78 Å². The molecule has 0 saturated carbocycles. The van der Waals surface area contributed by atoms with Crippen LogP contribution >= 0.6 is 23.2 Å². The minimum Gasteiger partial charge on any atom is -0.396 e. The number of hydrogen-bond donors (Lipinski definition) is 1. The lowest BCUT2D eigenvalue weighted by atomic mass is 9.95. The summed E-state index contributed by atoms with van der Waals surface area (Å²) < 4.78 is 1.92. The smallest absolute Gasteiger partial charge is 0.0850 e. The first-order valence-electron chi connectivity index (χ1n) is 7.21. The zero-order chi connectivity index (χ0) is 15.4. The second-order valence-electron chi connectivity index (χ2n) is 5.02. The highest BCUT2D eigenvalue weighted by Crippen LogP contribution is 2.29. The van der Waals surface area contributed by atoms with Crippen LogP contribution in [-0.2, 0) is 19.4 Å². The van der Waals surface area contributed by atoms with Crippen LogP contribution in [0.3, 0.4) is 0 Å². The van der Waals surface area contributed by atoms with Gasteiger partial charge >= 0.3 is 0 Å². The molecule has 1 aromatic carbocycles. The van der Waals surface area contributed by atoms with E-state index in [2.05, 4.69) is 5.10 Å². The molecule has 0 radical (unpaired) electrons. The number of aliphatic hydroxyl groups excluding tert-OH is 1. The average Bonchev–Trinajstić information content (AvgIpc) is 2.80. The van der Waals surface area contributed by atoms with Crippen LogP contribution in [0.1, 0.15) is 36.7 Å². The molecular weight excluding hydrogens is 307 g/mol. The maximum atomic E-state index is 9.73. The molecule has 2 rings (SSSR count). The lowest BCUT2D eigenvalue weighted by Crippen LogP contribution is -2.12. The quantitative estimate of drug-likeness (QED) is 0.868. The van der Waals surface area contributed by atoms with Gasteiger partial charge in [0.05, 0.1) is 23.0 Å². The van der Waals surface area contributed by atoms with Gasteiger partial charge in [0.15, 0.2) is 0 Å². The number of rotatable bonds is 6. The highest BCUT2D eigenvalue weighted by molar-refractivity contribution is 6.32. The molecule has 0 saturated heterocycles. The molecule has 0 aliphatic heterocycles.